The summed E-state index contributed by atoms with van der Waals surface area (Å²) in [6.07, 6.45) is 3.14. The second-order valence-corrected chi connectivity index (χ2v) is 9.92. The number of hydrogen-bond donors (Lipinski definition) is 0. The second-order valence-electron chi connectivity index (χ2n) is 8.06. The molecule has 1 aromatic heterocycles. The van der Waals surface area contributed by atoms with Crippen molar-refractivity contribution in [2.45, 2.75) is 45.8 Å². The Balaban J connectivity index is 1.85. The third-order valence-corrected chi connectivity index (χ3v) is 6.58. The molecule has 0 spiro atoms. The van der Waals surface area contributed by atoms with E-state index in [1.165, 1.54) is 10.6 Å². The maximum atomic E-state index is 13.6. The standard InChI is InChI=1S/C24H29N3O3S/c1-18(2)14-27(24-9-8-19(3)12-20(24)4)31(28,29)23-7-5-6-21(13-23)15-30-16-22-10-11-25-17-26-22/h5-13,17-18H,14-16H2,1-4H3. The lowest BCUT2D eigenvalue weighted by Gasteiger charge is -2.28. The van der Waals surface area contributed by atoms with Gasteiger partial charge in [-0.05, 0) is 55.2 Å². The van der Waals surface area contributed by atoms with E-state index in [0.717, 1.165) is 22.4 Å². The molecule has 3 rings (SSSR count). The zero-order valence-corrected chi connectivity index (χ0v) is 19.3. The van der Waals surface area contributed by atoms with Crippen LogP contribution in [0.5, 0.6) is 0 Å². The summed E-state index contributed by atoms with van der Waals surface area (Å²) in [5, 5.41) is 0. The molecule has 0 aliphatic rings. The molecule has 3 aromatic rings. The lowest BCUT2D eigenvalue weighted by atomic mass is 10.1. The molecule has 2 aromatic carbocycles. The van der Waals surface area contributed by atoms with Gasteiger partial charge in [0.15, 0.2) is 0 Å². The van der Waals surface area contributed by atoms with Gasteiger partial charge >= 0.3 is 0 Å². The van der Waals surface area contributed by atoms with Crippen molar-refractivity contribution in [3.05, 3.63) is 83.4 Å². The minimum absolute atomic E-state index is 0.176. The van der Waals surface area contributed by atoms with Gasteiger partial charge in [0.05, 0.1) is 29.5 Å². The van der Waals surface area contributed by atoms with E-state index in [9.17, 15) is 8.42 Å². The molecule has 0 fully saturated rings. The molecule has 7 heteroatoms. The molecule has 0 saturated carbocycles. The van der Waals surface area contributed by atoms with E-state index in [0.29, 0.717) is 25.4 Å². The van der Waals surface area contributed by atoms with Crippen LogP contribution in [0.15, 0.2) is 66.0 Å². The number of hydrogen-bond acceptors (Lipinski definition) is 5. The van der Waals surface area contributed by atoms with Crippen LogP contribution in [0.3, 0.4) is 0 Å². The highest BCUT2D eigenvalue weighted by atomic mass is 32.2. The summed E-state index contributed by atoms with van der Waals surface area (Å²) in [7, 11) is -3.73. The van der Waals surface area contributed by atoms with E-state index >= 15 is 0 Å². The van der Waals surface area contributed by atoms with Crippen LogP contribution < -0.4 is 4.31 Å². The molecule has 0 bridgehead atoms. The molecule has 0 amide bonds. The SMILES string of the molecule is Cc1ccc(N(CC(C)C)S(=O)(=O)c2cccc(COCc3ccncn3)c2)c(C)c1. The van der Waals surface area contributed by atoms with Crippen molar-refractivity contribution in [1.82, 2.24) is 9.97 Å². The number of anilines is 1. The van der Waals surface area contributed by atoms with Gasteiger partial charge in [-0.3, -0.25) is 4.31 Å². The monoisotopic (exact) mass is 439 g/mol. The Morgan fingerprint density at radius 1 is 1.03 bits per heavy atom. The molecule has 1 heterocycles. The summed E-state index contributed by atoms with van der Waals surface area (Å²) in [6.45, 7) is 9.02. The largest absolute Gasteiger partial charge is 0.370 e. The second kappa shape index (κ2) is 10.0. The van der Waals surface area contributed by atoms with E-state index in [4.69, 9.17) is 4.74 Å². The van der Waals surface area contributed by atoms with Gasteiger partial charge in [-0.1, -0.05) is 43.7 Å². The van der Waals surface area contributed by atoms with Crippen LogP contribution in [0.2, 0.25) is 0 Å². The van der Waals surface area contributed by atoms with Crippen molar-refractivity contribution < 1.29 is 13.2 Å². The van der Waals surface area contributed by atoms with E-state index < -0.39 is 10.0 Å². The van der Waals surface area contributed by atoms with Gasteiger partial charge < -0.3 is 4.74 Å². The van der Waals surface area contributed by atoms with Gasteiger partial charge in [0, 0.05) is 12.7 Å². The highest BCUT2D eigenvalue weighted by Crippen LogP contribution is 2.29. The highest BCUT2D eigenvalue weighted by Gasteiger charge is 2.27. The number of sulfonamides is 1. The number of ether oxygens (including phenoxy) is 1. The fraction of sp³-hybridized carbons (Fsp3) is 0.333. The Kier molecular flexibility index (Phi) is 7.41. The van der Waals surface area contributed by atoms with E-state index in [-0.39, 0.29) is 10.8 Å². The van der Waals surface area contributed by atoms with Crippen molar-refractivity contribution in [2.75, 3.05) is 10.8 Å². The van der Waals surface area contributed by atoms with Gasteiger partial charge in [-0.15, -0.1) is 0 Å². The van der Waals surface area contributed by atoms with Gasteiger partial charge in [-0.2, -0.15) is 0 Å². The minimum Gasteiger partial charge on any atom is -0.370 e. The van der Waals surface area contributed by atoms with Crippen LogP contribution >= 0.6 is 0 Å². The lowest BCUT2D eigenvalue weighted by molar-refractivity contribution is 0.104. The molecular weight excluding hydrogens is 410 g/mol. The molecule has 164 valence electrons. The highest BCUT2D eigenvalue weighted by molar-refractivity contribution is 7.92. The first-order valence-corrected chi connectivity index (χ1v) is 11.7. The number of benzene rings is 2. The van der Waals surface area contributed by atoms with Crippen LogP contribution in [-0.2, 0) is 28.0 Å². The topological polar surface area (TPSA) is 72.4 Å². The third kappa shape index (κ3) is 5.89. The van der Waals surface area contributed by atoms with E-state index in [2.05, 4.69) is 9.97 Å². The quantitative estimate of drug-likeness (QED) is 0.485. The number of rotatable bonds is 9. The fourth-order valence-electron chi connectivity index (χ4n) is 3.34. The van der Waals surface area contributed by atoms with E-state index in [1.54, 1.807) is 30.5 Å². The zero-order valence-electron chi connectivity index (χ0n) is 18.4. The van der Waals surface area contributed by atoms with Gasteiger partial charge in [0.1, 0.15) is 6.33 Å². The predicted octanol–water partition coefficient (Wildman–Crippen LogP) is 4.66. The third-order valence-electron chi connectivity index (χ3n) is 4.80. The Morgan fingerprint density at radius 3 is 2.52 bits per heavy atom. The average Bonchev–Trinajstić information content (AvgIpc) is 2.73. The van der Waals surface area contributed by atoms with Crippen molar-refractivity contribution in [1.29, 1.82) is 0 Å². The maximum Gasteiger partial charge on any atom is 0.264 e. The molecule has 0 radical (unpaired) electrons. The van der Waals surface area contributed by atoms with Crippen LogP contribution in [0.1, 0.15) is 36.2 Å². The van der Waals surface area contributed by atoms with Crippen LogP contribution in [0.4, 0.5) is 5.69 Å². The molecule has 0 N–H and O–H groups in total. The molecule has 31 heavy (non-hydrogen) atoms. The summed E-state index contributed by atoms with van der Waals surface area (Å²) in [6, 6.07) is 14.6. The first-order chi connectivity index (χ1) is 14.8. The van der Waals surface area contributed by atoms with E-state index in [1.807, 2.05) is 52.0 Å². The van der Waals surface area contributed by atoms with Crippen molar-refractivity contribution in [3.63, 3.8) is 0 Å². The van der Waals surface area contributed by atoms with Crippen LogP contribution in [0.25, 0.3) is 0 Å². The Hall–Kier alpha value is -2.77. The smallest absolute Gasteiger partial charge is 0.264 e. The Bertz CT molecular complexity index is 1120. The van der Waals surface area contributed by atoms with Crippen molar-refractivity contribution in [3.8, 4) is 0 Å². The fourth-order valence-corrected chi connectivity index (χ4v) is 5.11. The summed E-state index contributed by atoms with van der Waals surface area (Å²) in [5.41, 5.74) is 4.32. The van der Waals surface area contributed by atoms with Gasteiger partial charge in [0.2, 0.25) is 0 Å². The first-order valence-electron chi connectivity index (χ1n) is 10.3. The zero-order chi connectivity index (χ0) is 22.4. The minimum atomic E-state index is -3.73. The first kappa shape index (κ1) is 22.9. The Morgan fingerprint density at radius 2 is 1.84 bits per heavy atom. The van der Waals surface area contributed by atoms with Gasteiger partial charge in [0.25, 0.3) is 10.0 Å². The summed E-state index contributed by atoms with van der Waals surface area (Å²) in [4.78, 5) is 8.27. The number of aromatic nitrogens is 2. The number of aryl methyl sites for hydroxylation is 2. The molecule has 0 saturated heterocycles. The molecule has 0 aliphatic heterocycles. The van der Waals surface area contributed by atoms with Crippen molar-refractivity contribution in [2.24, 2.45) is 5.92 Å². The van der Waals surface area contributed by atoms with Crippen LogP contribution in [0, 0.1) is 19.8 Å². The maximum absolute atomic E-state index is 13.6. The summed E-state index contributed by atoms with van der Waals surface area (Å²) >= 11 is 0. The molecule has 0 unspecified atom stereocenters. The molecule has 6 nitrogen and oxygen atoms in total. The Labute approximate surface area is 185 Å². The molecule has 0 atom stereocenters. The lowest BCUT2D eigenvalue weighted by Crippen LogP contribution is -2.35. The predicted molar refractivity (Wildman–Crippen MR) is 122 cm³/mol. The average molecular weight is 440 g/mol. The summed E-state index contributed by atoms with van der Waals surface area (Å²) in [5.74, 6) is 0.176. The van der Waals surface area contributed by atoms with Crippen LogP contribution in [-0.4, -0.2) is 24.9 Å². The molecule has 0 aliphatic carbocycles. The summed E-state index contributed by atoms with van der Waals surface area (Å²) < 4.78 is 34.5. The van der Waals surface area contributed by atoms with Gasteiger partial charge in [-0.25, -0.2) is 18.4 Å². The van der Waals surface area contributed by atoms with Crippen molar-refractivity contribution >= 4 is 15.7 Å². The number of nitrogens with zero attached hydrogens (tertiary/aromatic N) is 3. The normalized spacial score (nSPS) is 11.6. The molecular formula is C24H29N3O3S.